The van der Waals surface area contributed by atoms with Crippen LogP contribution in [0.3, 0.4) is 0 Å². The molecule has 0 unspecified atom stereocenters. The van der Waals surface area contributed by atoms with Gasteiger partial charge in [-0.3, -0.25) is 14.9 Å². The first kappa shape index (κ1) is 10.2. The molecule has 74 valence electrons. The Labute approximate surface area is 77.5 Å². The summed E-state index contributed by atoms with van der Waals surface area (Å²) < 4.78 is 0. The van der Waals surface area contributed by atoms with Gasteiger partial charge >= 0.3 is 0 Å². The molecule has 0 bridgehead atoms. The summed E-state index contributed by atoms with van der Waals surface area (Å²) in [6.45, 7) is 5.75. The van der Waals surface area contributed by atoms with E-state index in [0.29, 0.717) is 6.42 Å². The summed E-state index contributed by atoms with van der Waals surface area (Å²) in [7, 11) is 0. The fraction of sp³-hybridized carbons (Fsp3) is 0.889. The second-order valence-corrected chi connectivity index (χ2v) is 4.72. The maximum atomic E-state index is 11.4. The molecule has 0 aromatic heterocycles. The molecule has 1 saturated carbocycles. The highest BCUT2D eigenvalue weighted by molar-refractivity contribution is 5.84. The van der Waals surface area contributed by atoms with Crippen LogP contribution >= 0.6 is 0 Å². The normalized spacial score (nSPS) is 33.0. The van der Waals surface area contributed by atoms with Gasteiger partial charge in [-0.25, -0.2) is 0 Å². The second kappa shape index (κ2) is 3.09. The Kier molecular flexibility index (Phi) is 2.41. The van der Waals surface area contributed by atoms with E-state index in [1.54, 1.807) is 6.92 Å². The van der Waals surface area contributed by atoms with Crippen molar-refractivity contribution in [2.75, 3.05) is 0 Å². The van der Waals surface area contributed by atoms with E-state index in [2.05, 4.69) is 0 Å². The molecule has 1 aliphatic rings. The van der Waals surface area contributed by atoms with E-state index in [-0.39, 0.29) is 17.1 Å². The lowest BCUT2D eigenvalue weighted by Crippen LogP contribution is -2.44. The monoisotopic (exact) mass is 185 g/mol. The van der Waals surface area contributed by atoms with Crippen LogP contribution in [0.2, 0.25) is 0 Å². The number of nitrogens with zero attached hydrogens (tertiary/aromatic N) is 1. The first-order valence-corrected chi connectivity index (χ1v) is 4.50. The van der Waals surface area contributed by atoms with Crippen molar-refractivity contribution in [2.24, 2.45) is 11.3 Å². The average molecular weight is 185 g/mol. The minimum absolute atomic E-state index is 0.0665. The molecule has 0 N–H and O–H groups in total. The van der Waals surface area contributed by atoms with Crippen LogP contribution in [0, 0.1) is 21.4 Å². The number of nitro groups is 1. The highest BCUT2D eigenvalue weighted by Gasteiger charge is 2.45. The molecule has 1 aliphatic carbocycles. The van der Waals surface area contributed by atoms with Crippen molar-refractivity contribution >= 4 is 5.78 Å². The van der Waals surface area contributed by atoms with Crippen molar-refractivity contribution in [1.29, 1.82) is 0 Å². The number of ketones is 1. The second-order valence-electron chi connectivity index (χ2n) is 4.72. The van der Waals surface area contributed by atoms with Gasteiger partial charge in [0.05, 0.1) is 0 Å². The molecule has 0 spiro atoms. The summed E-state index contributed by atoms with van der Waals surface area (Å²) in [5, 5.41) is 10.6. The molecular weight excluding hydrogens is 170 g/mol. The summed E-state index contributed by atoms with van der Waals surface area (Å²) in [4.78, 5) is 21.5. The van der Waals surface area contributed by atoms with Crippen LogP contribution in [0.25, 0.3) is 0 Å². The lowest BCUT2D eigenvalue weighted by Gasteiger charge is -2.33. The van der Waals surface area contributed by atoms with E-state index in [0.717, 1.165) is 6.42 Å². The van der Waals surface area contributed by atoms with E-state index < -0.39 is 11.0 Å². The van der Waals surface area contributed by atoms with Crippen molar-refractivity contribution in [2.45, 2.75) is 39.7 Å². The summed E-state index contributed by atoms with van der Waals surface area (Å²) in [5.41, 5.74) is -0.0665. The van der Waals surface area contributed by atoms with Crippen molar-refractivity contribution in [3.05, 3.63) is 10.1 Å². The summed E-state index contributed by atoms with van der Waals surface area (Å²) in [6, 6.07) is -0.965. The molecule has 4 nitrogen and oxygen atoms in total. The third-order valence-corrected chi connectivity index (χ3v) is 2.62. The molecule has 0 radical (unpaired) electrons. The fourth-order valence-electron chi connectivity index (χ4n) is 2.27. The van der Waals surface area contributed by atoms with Crippen LogP contribution in [-0.2, 0) is 4.79 Å². The largest absolute Gasteiger partial charge is 0.292 e. The van der Waals surface area contributed by atoms with Gasteiger partial charge in [-0.2, -0.15) is 0 Å². The molecular formula is C9H15NO3. The minimum Gasteiger partial charge on any atom is -0.292 e. The highest BCUT2D eigenvalue weighted by Crippen LogP contribution is 2.37. The van der Waals surface area contributed by atoms with Gasteiger partial charge < -0.3 is 0 Å². The molecule has 0 aliphatic heterocycles. The Morgan fingerprint density at radius 2 is 2.08 bits per heavy atom. The maximum Gasteiger partial charge on any atom is 0.272 e. The number of hydrogen-bond acceptors (Lipinski definition) is 3. The van der Waals surface area contributed by atoms with Crippen LogP contribution in [0.4, 0.5) is 0 Å². The van der Waals surface area contributed by atoms with E-state index >= 15 is 0 Å². The van der Waals surface area contributed by atoms with E-state index in [4.69, 9.17) is 0 Å². The van der Waals surface area contributed by atoms with Crippen molar-refractivity contribution in [3.63, 3.8) is 0 Å². The Morgan fingerprint density at radius 1 is 1.54 bits per heavy atom. The van der Waals surface area contributed by atoms with Gasteiger partial charge in [0.1, 0.15) is 0 Å². The number of rotatable bonds is 1. The van der Waals surface area contributed by atoms with E-state index in [1.165, 1.54) is 0 Å². The molecule has 2 atom stereocenters. The zero-order valence-electron chi connectivity index (χ0n) is 8.24. The van der Waals surface area contributed by atoms with Gasteiger partial charge in [0, 0.05) is 17.3 Å². The van der Waals surface area contributed by atoms with Crippen LogP contribution < -0.4 is 0 Å². The number of carbonyl (C=O) groups is 1. The first-order valence-electron chi connectivity index (χ1n) is 4.50. The van der Waals surface area contributed by atoms with E-state index in [9.17, 15) is 14.9 Å². The number of Topliss-reactive ketones (excluding diaryl/α,β-unsaturated/α-hetero) is 1. The lowest BCUT2D eigenvalue weighted by atomic mass is 9.70. The van der Waals surface area contributed by atoms with E-state index in [1.807, 2.05) is 13.8 Å². The molecule has 1 fully saturated rings. The third-order valence-electron chi connectivity index (χ3n) is 2.62. The van der Waals surface area contributed by atoms with Crippen LogP contribution in [0.5, 0.6) is 0 Å². The predicted octanol–water partition coefficient (Wildman–Crippen LogP) is 1.66. The number of carbonyl (C=O) groups excluding carboxylic acids is 1. The predicted molar refractivity (Wildman–Crippen MR) is 48.0 cm³/mol. The molecule has 0 saturated heterocycles. The Bertz CT molecular complexity index is 247. The molecule has 0 heterocycles. The lowest BCUT2D eigenvalue weighted by molar-refractivity contribution is -0.518. The standard InChI is InChI=1S/C9H15NO3/c1-6-4-9(2,3)5-7(11)8(6)10(12)13/h6,8H,4-5H2,1-3H3/t6-,8-/m0/s1. The molecule has 0 aromatic rings. The fourth-order valence-corrected chi connectivity index (χ4v) is 2.27. The van der Waals surface area contributed by atoms with Gasteiger partial charge in [0.15, 0.2) is 0 Å². The summed E-state index contributed by atoms with van der Waals surface area (Å²) >= 11 is 0. The van der Waals surface area contributed by atoms with Gasteiger partial charge in [-0.15, -0.1) is 0 Å². The van der Waals surface area contributed by atoms with Crippen molar-refractivity contribution in [3.8, 4) is 0 Å². The van der Waals surface area contributed by atoms with Crippen molar-refractivity contribution in [1.82, 2.24) is 0 Å². The maximum absolute atomic E-state index is 11.4. The minimum atomic E-state index is -0.965. The van der Waals surface area contributed by atoms with Crippen LogP contribution in [-0.4, -0.2) is 16.7 Å². The molecule has 1 rings (SSSR count). The van der Waals surface area contributed by atoms with Gasteiger partial charge in [-0.1, -0.05) is 20.8 Å². The van der Waals surface area contributed by atoms with Gasteiger partial charge in [0.2, 0.25) is 5.78 Å². The molecule has 0 amide bonds. The van der Waals surface area contributed by atoms with Crippen LogP contribution in [0.15, 0.2) is 0 Å². The quantitative estimate of drug-likeness (QED) is 0.461. The first-order chi connectivity index (χ1) is 5.83. The Morgan fingerprint density at radius 3 is 2.46 bits per heavy atom. The SMILES string of the molecule is C[C@H]1CC(C)(C)CC(=O)[C@H]1[N+](=O)[O-]. The highest BCUT2D eigenvalue weighted by atomic mass is 16.6. The average Bonchev–Trinajstić information content (AvgIpc) is 1.78. The smallest absolute Gasteiger partial charge is 0.272 e. The van der Waals surface area contributed by atoms with Gasteiger partial charge in [-0.05, 0) is 11.8 Å². The molecule has 0 aromatic carbocycles. The van der Waals surface area contributed by atoms with Gasteiger partial charge in [0.25, 0.3) is 6.04 Å². The molecule has 13 heavy (non-hydrogen) atoms. The van der Waals surface area contributed by atoms with Crippen molar-refractivity contribution < 1.29 is 9.72 Å². The number of hydrogen-bond donors (Lipinski definition) is 0. The Hall–Kier alpha value is -0.930. The topological polar surface area (TPSA) is 60.2 Å². The summed E-state index contributed by atoms with van der Waals surface area (Å²) in [6.07, 6.45) is 1.09. The van der Waals surface area contributed by atoms with Crippen LogP contribution in [0.1, 0.15) is 33.6 Å². The summed E-state index contributed by atoms with van der Waals surface area (Å²) in [5.74, 6) is -0.347. The molecule has 4 heteroatoms. The zero-order valence-corrected chi connectivity index (χ0v) is 8.24. The third kappa shape index (κ3) is 2.05. The zero-order chi connectivity index (χ0) is 10.2. The Balaban J connectivity index is 2.82.